The number of benzene rings is 2. The molecule has 4 heteroatoms. The van der Waals surface area contributed by atoms with Gasteiger partial charge in [0.1, 0.15) is 11.5 Å². The summed E-state index contributed by atoms with van der Waals surface area (Å²) in [4.78, 5) is 21.7. The second kappa shape index (κ2) is 7.16. The van der Waals surface area contributed by atoms with Crippen LogP contribution in [0.2, 0.25) is 0 Å². The van der Waals surface area contributed by atoms with Crippen LogP contribution in [0, 0.1) is 13.8 Å². The Bertz CT molecular complexity index is 1080. The quantitative estimate of drug-likeness (QED) is 0.397. The lowest BCUT2D eigenvalue weighted by Crippen LogP contribution is -1.87. The van der Waals surface area contributed by atoms with E-state index in [1.165, 1.54) is 0 Å². The zero-order chi connectivity index (χ0) is 19.7. The number of hydrogen-bond donors (Lipinski definition) is 0. The normalized spacial score (nSPS) is 10.8. The van der Waals surface area contributed by atoms with Crippen molar-refractivity contribution in [2.24, 2.45) is 0 Å². The molecule has 0 bridgehead atoms. The SMILES string of the molecule is Cc1cc(-c2ccc(-c3ccc(C=O)o3)c(C)c2)ccc1-c1ccc(C=O)o1. The summed E-state index contributed by atoms with van der Waals surface area (Å²) in [7, 11) is 0. The number of aryl methyl sites for hydroxylation is 2. The van der Waals surface area contributed by atoms with E-state index in [4.69, 9.17) is 8.83 Å². The van der Waals surface area contributed by atoms with Crippen LogP contribution in [0.25, 0.3) is 33.8 Å². The molecule has 4 nitrogen and oxygen atoms in total. The Morgan fingerprint density at radius 2 is 1.04 bits per heavy atom. The molecule has 0 saturated heterocycles. The molecule has 4 aromatic rings. The third kappa shape index (κ3) is 3.21. The molecule has 0 aliphatic carbocycles. The first kappa shape index (κ1) is 17.7. The van der Waals surface area contributed by atoms with Crippen molar-refractivity contribution in [3.63, 3.8) is 0 Å². The molecule has 138 valence electrons. The number of hydrogen-bond acceptors (Lipinski definition) is 4. The van der Waals surface area contributed by atoms with Gasteiger partial charge in [-0.05, 0) is 60.4 Å². The van der Waals surface area contributed by atoms with Gasteiger partial charge in [-0.2, -0.15) is 0 Å². The molecule has 4 rings (SSSR count). The van der Waals surface area contributed by atoms with E-state index in [2.05, 4.69) is 12.1 Å². The minimum Gasteiger partial charge on any atom is -0.453 e. The van der Waals surface area contributed by atoms with E-state index < -0.39 is 0 Å². The van der Waals surface area contributed by atoms with Crippen molar-refractivity contribution in [2.45, 2.75) is 13.8 Å². The molecule has 2 aromatic heterocycles. The molecule has 0 aliphatic rings. The smallest absolute Gasteiger partial charge is 0.185 e. The van der Waals surface area contributed by atoms with Crippen molar-refractivity contribution in [3.8, 4) is 33.8 Å². The van der Waals surface area contributed by atoms with Gasteiger partial charge in [0.15, 0.2) is 24.1 Å². The standard InChI is InChI=1S/C24H18O4/c1-15-11-17(3-7-21(15)23-9-5-19(13-25)27-23)18-4-8-22(16(2)12-18)24-10-6-20(14-26)28-24/h3-14H,1-2H3. The molecule has 0 aliphatic heterocycles. The summed E-state index contributed by atoms with van der Waals surface area (Å²) >= 11 is 0. The molecule has 0 amide bonds. The molecule has 0 atom stereocenters. The highest BCUT2D eigenvalue weighted by Crippen LogP contribution is 2.32. The summed E-state index contributed by atoms with van der Waals surface area (Å²) in [6, 6.07) is 19.2. The second-order valence-corrected chi connectivity index (χ2v) is 6.70. The Labute approximate surface area is 162 Å². The van der Waals surface area contributed by atoms with E-state index in [9.17, 15) is 9.59 Å². The molecular weight excluding hydrogens is 352 g/mol. The topological polar surface area (TPSA) is 60.4 Å². The summed E-state index contributed by atoms with van der Waals surface area (Å²) < 4.78 is 11.1. The fourth-order valence-electron chi connectivity index (χ4n) is 3.36. The van der Waals surface area contributed by atoms with Crippen LogP contribution in [0.4, 0.5) is 0 Å². The molecule has 2 aromatic carbocycles. The van der Waals surface area contributed by atoms with Gasteiger partial charge < -0.3 is 8.83 Å². The number of carbonyl (C=O) groups is 2. The average molecular weight is 370 g/mol. The predicted molar refractivity (Wildman–Crippen MR) is 108 cm³/mol. The van der Waals surface area contributed by atoms with Crippen molar-refractivity contribution < 1.29 is 18.4 Å². The molecule has 0 N–H and O–H groups in total. The van der Waals surface area contributed by atoms with Gasteiger partial charge in [-0.25, -0.2) is 0 Å². The van der Waals surface area contributed by atoms with E-state index >= 15 is 0 Å². The zero-order valence-electron chi connectivity index (χ0n) is 15.6. The first-order chi connectivity index (χ1) is 13.6. The predicted octanol–water partition coefficient (Wildman–Crippen LogP) is 6.12. The van der Waals surface area contributed by atoms with Gasteiger partial charge in [0.05, 0.1) is 0 Å². The first-order valence-electron chi connectivity index (χ1n) is 8.91. The Morgan fingerprint density at radius 3 is 1.36 bits per heavy atom. The Kier molecular flexibility index (Phi) is 4.53. The molecule has 0 fully saturated rings. The Morgan fingerprint density at radius 1 is 0.607 bits per heavy atom. The lowest BCUT2D eigenvalue weighted by molar-refractivity contribution is 0.109. The number of carbonyl (C=O) groups excluding carboxylic acids is 2. The van der Waals surface area contributed by atoms with Crippen LogP contribution in [0.15, 0.2) is 69.5 Å². The zero-order valence-corrected chi connectivity index (χ0v) is 15.6. The second-order valence-electron chi connectivity index (χ2n) is 6.70. The van der Waals surface area contributed by atoms with E-state index in [0.717, 1.165) is 33.4 Å². The van der Waals surface area contributed by atoms with E-state index in [1.54, 1.807) is 12.1 Å². The van der Waals surface area contributed by atoms with Crippen LogP contribution in [-0.2, 0) is 0 Å². The minimum absolute atomic E-state index is 0.320. The lowest BCUT2D eigenvalue weighted by atomic mass is 9.95. The van der Waals surface area contributed by atoms with Gasteiger partial charge in [-0.15, -0.1) is 0 Å². The van der Waals surface area contributed by atoms with Gasteiger partial charge in [0.2, 0.25) is 0 Å². The minimum atomic E-state index is 0.320. The summed E-state index contributed by atoms with van der Waals surface area (Å²) in [5, 5.41) is 0. The average Bonchev–Trinajstić information content (AvgIpc) is 3.37. The van der Waals surface area contributed by atoms with E-state index in [0.29, 0.717) is 35.6 Å². The van der Waals surface area contributed by atoms with Gasteiger partial charge in [-0.3, -0.25) is 9.59 Å². The van der Waals surface area contributed by atoms with Gasteiger partial charge in [0, 0.05) is 11.1 Å². The molecule has 0 saturated carbocycles. The highest BCUT2D eigenvalue weighted by molar-refractivity contribution is 5.77. The number of rotatable bonds is 5. The van der Waals surface area contributed by atoms with Crippen molar-refractivity contribution in [1.82, 2.24) is 0 Å². The Hall–Kier alpha value is -3.66. The molecule has 0 radical (unpaired) electrons. The number of aldehydes is 2. The van der Waals surface area contributed by atoms with Crippen LogP contribution in [0.3, 0.4) is 0 Å². The fourth-order valence-corrected chi connectivity index (χ4v) is 3.36. The summed E-state index contributed by atoms with van der Waals surface area (Å²) in [6.45, 7) is 4.04. The van der Waals surface area contributed by atoms with Gasteiger partial charge in [-0.1, -0.05) is 36.4 Å². The van der Waals surface area contributed by atoms with Crippen molar-refractivity contribution in [1.29, 1.82) is 0 Å². The van der Waals surface area contributed by atoms with E-state index in [-0.39, 0.29) is 0 Å². The van der Waals surface area contributed by atoms with Crippen LogP contribution >= 0.6 is 0 Å². The highest BCUT2D eigenvalue weighted by Gasteiger charge is 2.11. The van der Waals surface area contributed by atoms with Crippen LogP contribution in [0.1, 0.15) is 32.2 Å². The van der Waals surface area contributed by atoms with Crippen molar-refractivity contribution >= 4 is 12.6 Å². The summed E-state index contributed by atoms with van der Waals surface area (Å²) in [6.07, 6.45) is 1.41. The maximum Gasteiger partial charge on any atom is 0.185 e. The van der Waals surface area contributed by atoms with Crippen molar-refractivity contribution in [3.05, 3.63) is 83.3 Å². The first-order valence-corrected chi connectivity index (χ1v) is 8.91. The Balaban J connectivity index is 1.67. The van der Waals surface area contributed by atoms with Crippen molar-refractivity contribution in [2.75, 3.05) is 0 Å². The molecule has 0 unspecified atom stereocenters. The van der Waals surface area contributed by atoms with E-state index in [1.807, 2.05) is 50.2 Å². The molecule has 2 heterocycles. The lowest BCUT2D eigenvalue weighted by Gasteiger charge is -2.10. The monoisotopic (exact) mass is 370 g/mol. The van der Waals surface area contributed by atoms with Crippen LogP contribution in [-0.4, -0.2) is 12.6 Å². The van der Waals surface area contributed by atoms with Gasteiger partial charge in [0.25, 0.3) is 0 Å². The fraction of sp³-hybridized carbons (Fsp3) is 0.0833. The molecular formula is C24H18O4. The molecule has 28 heavy (non-hydrogen) atoms. The maximum atomic E-state index is 10.8. The summed E-state index contributed by atoms with van der Waals surface area (Å²) in [5.74, 6) is 2.00. The van der Waals surface area contributed by atoms with Crippen LogP contribution < -0.4 is 0 Å². The number of furan rings is 2. The highest BCUT2D eigenvalue weighted by atomic mass is 16.3. The maximum absolute atomic E-state index is 10.8. The largest absolute Gasteiger partial charge is 0.453 e. The molecule has 0 spiro atoms. The third-order valence-electron chi connectivity index (χ3n) is 4.80. The summed E-state index contributed by atoms with van der Waals surface area (Å²) in [5.41, 5.74) is 6.22. The van der Waals surface area contributed by atoms with Crippen LogP contribution in [0.5, 0.6) is 0 Å². The third-order valence-corrected chi connectivity index (χ3v) is 4.80. The van der Waals surface area contributed by atoms with Gasteiger partial charge >= 0.3 is 0 Å².